The Morgan fingerprint density at radius 3 is 2.17 bits per heavy atom. The van der Waals surface area contributed by atoms with Crippen LogP contribution in [-0.2, 0) is 14.8 Å². The standard InChI is InChI=1S/C21H18Cl2N2O4S/c1-14-2-4-15(5-3-14)25-30(27,28)18-9-7-17(8-10-18)29-13-21(26)24-16-6-11-19(22)20(23)12-16/h2-12,25H,13H2,1H3,(H,24,26). The van der Waals surface area contributed by atoms with Crippen LogP contribution in [0.4, 0.5) is 11.4 Å². The molecule has 2 N–H and O–H groups in total. The zero-order valence-corrected chi connectivity index (χ0v) is 18.2. The molecule has 0 atom stereocenters. The molecule has 0 aromatic heterocycles. The average molecular weight is 465 g/mol. The highest BCUT2D eigenvalue weighted by molar-refractivity contribution is 7.92. The first-order chi connectivity index (χ1) is 14.2. The molecule has 0 heterocycles. The van der Waals surface area contributed by atoms with Gasteiger partial charge in [0.25, 0.3) is 15.9 Å². The highest BCUT2D eigenvalue weighted by atomic mass is 35.5. The van der Waals surface area contributed by atoms with E-state index < -0.39 is 15.9 Å². The van der Waals surface area contributed by atoms with Crippen LogP contribution >= 0.6 is 23.2 Å². The van der Waals surface area contributed by atoms with Gasteiger partial charge in [-0.1, -0.05) is 40.9 Å². The van der Waals surface area contributed by atoms with E-state index in [9.17, 15) is 13.2 Å². The number of anilines is 2. The molecule has 30 heavy (non-hydrogen) atoms. The number of aryl methyl sites for hydroxylation is 1. The summed E-state index contributed by atoms with van der Waals surface area (Å²) in [6.07, 6.45) is 0. The van der Waals surface area contributed by atoms with Crippen molar-refractivity contribution in [3.05, 3.63) is 82.3 Å². The Morgan fingerprint density at radius 2 is 1.53 bits per heavy atom. The number of benzene rings is 3. The number of hydrogen-bond donors (Lipinski definition) is 2. The zero-order valence-electron chi connectivity index (χ0n) is 15.9. The largest absolute Gasteiger partial charge is 0.484 e. The molecule has 1 amide bonds. The molecule has 0 fully saturated rings. The van der Waals surface area contributed by atoms with Crippen LogP contribution in [-0.4, -0.2) is 20.9 Å². The molecule has 0 bridgehead atoms. The van der Waals surface area contributed by atoms with Crippen molar-refractivity contribution < 1.29 is 17.9 Å². The first kappa shape index (κ1) is 22.0. The fourth-order valence-corrected chi connectivity index (χ4v) is 3.83. The molecular formula is C21H18Cl2N2O4S. The molecule has 0 saturated carbocycles. The van der Waals surface area contributed by atoms with Crippen molar-refractivity contribution in [3.8, 4) is 5.75 Å². The Morgan fingerprint density at radius 1 is 0.900 bits per heavy atom. The highest BCUT2D eigenvalue weighted by Gasteiger charge is 2.14. The first-order valence-corrected chi connectivity index (χ1v) is 11.0. The highest BCUT2D eigenvalue weighted by Crippen LogP contribution is 2.25. The summed E-state index contributed by atoms with van der Waals surface area (Å²) in [5.74, 6) is -0.0419. The van der Waals surface area contributed by atoms with E-state index in [1.807, 2.05) is 19.1 Å². The molecule has 0 aliphatic rings. The number of sulfonamides is 1. The van der Waals surface area contributed by atoms with E-state index in [-0.39, 0.29) is 11.5 Å². The van der Waals surface area contributed by atoms with Crippen molar-refractivity contribution >= 4 is 50.5 Å². The lowest BCUT2D eigenvalue weighted by atomic mass is 10.2. The molecule has 3 aromatic carbocycles. The molecule has 3 rings (SSSR count). The van der Waals surface area contributed by atoms with Crippen LogP contribution in [0.15, 0.2) is 71.6 Å². The molecular weight excluding hydrogens is 447 g/mol. The normalized spacial score (nSPS) is 11.0. The second-order valence-corrected chi connectivity index (χ2v) is 8.91. The summed E-state index contributed by atoms with van der Waals surface area (Å²) in [6, 6.07) is 17.5. The summed E-state index contributed by atoms with van der Waals surface area (Å²) < 4.78 is 32.9. The lowest BCUT2D eigenvalue weighted by Crippen LogP contribution is -2.20. The summed E-state index contributed by atoms with van der Waals surface area (Å²) in [4.78, 5) is 12.1. The van der Waals surface area contributed by atoms with Crippen molar-refractivity contribution in [2.24, 2.45) is 0 Å². The number of rotatable bonds is 7. The van der Waals surface area contributed by atoms with Gasteiger partial charge in [-0.05, 0) is 61.5 Å². The maximum absolute atomic E-state index is 12.5. The van der Waals surface area contributed by atoms with Crippen LogP contribution in [0.1, 0.15) is 5.56 Å². The van der Waals surface area contributed by atoms with Crippen LogP contribution in [0.3, 0.4) is 0 Å². The summed E-state index contributed by atoms with van der Waals surface area (Å²) >= 11 is 11.7. The van der Waals surface area contributed by atoms with Gasteiger partial charge in [0.15, 0.2) is 6.61 Å². The van der Waals surface area contributed by atoms with Gasteiger partial charge in [0.05, 0.1) is 14.9 Å². The molecule has 0 spiro atoms. The van der Waals surface area contributed by atoms with E-state index in [2.05, 4.69) is 10.0 Å². The third-order valence-corrected chi connectivity index (χ3v) is 6.15. The zero-order chi connectivity index (χ0) is 21.7. The molecule has 156 valence electrons. The lowest BCUT2D eigenvalue weighted by Gasteiger charge is -2.10. The van der Waals surface area contributed by atoms with Gasteiger partial charge < -0.3 is 10.1 Å². The minimum absolute atomic E-state index is 0.0793. The lowest BCUT2D eigenvalue weighted by molar-refractivity contribution is -0.118. The second-order valence-electron chi connectivity index (χ2n) is 6.41. The second kappa shape index (κ2) is 9.38. The number of hydrogen-bond acceptors (Lipinski definition) is 4. The molecule has 0 unspecified atom stereocenters. The van der Waals surface area contributed by atoms with Crippen molar-refractivity contribution in [3.63, 3.8) is 0 Å². The van der Waals surface area contributed by atoms with E-state index >= 15 is 0 Å². The van der Waals surface area contributed by atoms with Gasteiger partial charge in [0, 0.05) is 11.4 Å². The SMILES string of the molecule is Cc1ccc(NS(=O)(=O)c2ccc(OCC(=O)Nc3ccc(Cl)c(Cl)c3)cc2)cc1. The van der Waals surface area contributed by atoms with Gasteiger partial charge >= 0.3 is 0 Å². The van der Waals surface area contributed by atoms with E-state index in [0.29, 0.717) is 27.2 Å². The van der Waals surface area contributed by atoms with E-state index in [0.717, 1.165) is 5.56 Å². The van der Waals surface area contributed by atoms with Crippen molar-refractivity contribution in [1.82, 2.24) is 0 Å². The number of carbonyl (C=O) groups is 1. The maximum atomic E-state index is 12.5. The summed E-state index contributed by atoms with van der Waals surface area (Å²) in [5, 5.41) is 3.35. The predicted octanol–water partition coefficient (Wildman–Crippen LogP) is 5.12. The quantitative estimate of drug-likeness (QED) is 0.507. The van der Waals surface area contributed by atoms with Crippen molar-refractivity contribution in [2.75, 3.05) is 16.6 Å². The van der Waals surface area contributed by atoms with E-state index in [1.165, 1.54) is 30.3 Å². The van der Waals surface area contributed by atoms with Crippen LogP contribution < -0.4 is 14.8 Å². The predicted molar refractivity (Wildman–Crippen MR) is 119 cm³/mol. The van der Waals surface area contributed by atoms with Gasteiger partial charge in [-0.3, -0.25) is 9.52 Å². The third-order valence-electron chi connectivity index (χ3n) is 4.01. The Bertz CT molecular complexity index is 1150. The minimum Gasteiger partial charge on any atom is -0.484 e. The molecule has 0 aliphatic carbocycles. The number of nitrogens with one attached hydrogen (secondary N) is 2. The Kier molecular flexibility index (Phi) is 6.87. The van der Waals surface area contributed by atoms with Gasteiger partial charge in [-0.15, -0.1) is 0 Å². The van der Waals surface area contributed by atoms with Gasteiger partial charge in [-0.2, -0.15) is 0 Å². The number of ether oxygens (including phenoxy) is 1. The number of amides is 1. The Balaban J connectivity index is 1.57. The average Bonchev–Trinajstić information content (AvgIpc) is 2.71. The number of halogens is 2. The van der Waals surface area contributed by atoms with Gasteiger partial charge in [0.1, 0.15) is 5.75 Å². The molecule has 0 saturated heterocycles. The first-order valence-electron chi connectivity index (χ1n) is 8.80. The van der Waals surface area contributed by atoms with Crippen LogP contribution in [0.25, 0.3) is 0 Å². The molecule has 9 heteroatoms. The number of carbonyl (C=O) groups excluding carboxylic acids is 1. The summed E-state index contributed by atoms with van der Waals surface area (Å²) in [7, 11) is -3.73. The molecule has 0 radical (unpaired) electrons. The molecule has 6 nitrogen and oxygen atoms in total. The maximum Gasteiger partial charge on any atom is 0.262 e. The smallest absolute Gasteiger partial charge is 0.262 e. The topological polar surface area (TPSA) is 84.5 Å². The van der Waals surface area contributed by atoms with Crippen molar-refractivity contribution in [1.29, 1.82) is 0 Å². The monoisotopic (exact) mass is 464 g/mol. The minimum atomic E-state index is -3.73. The van der Waals surface area contributed by atoms with E-state index in [4.69, 9.17) is 27.9 Å². The van der Waals surface area contributed by atoms with E-state index in [1.54, 1.807) is 24.3 Å². The van der Waals surface area contributed by atoms with Crippen LogP contribution in [0.5, 0.6) is 5.75 Å². The fraction of sp³-hybridized carbons (Fsp3) is 0.0952. The van der Waals surface area contributed by atoms with Crippen LogP contribution in [0.2, 0.25) is 10.0 Å². The molecule has 3 aromatic rings. The molecule has 0 aliphatic heterocycles. The van der Waals surface area contributed by atoms with Crippen molar-refractivity contribution in [2.45, 2.75) is 11.8 Å². The third kappa shape index (κ3) is 5.89. The summed E-state index contributed by atoms with van der Waals surface area (Å²) in [6.45, 7) is 1.66. The van der Waals surface area contributed by atoms with Crippen LogP contribution in [0, 0.1) is 6.92 Å². The van der Waals surface area contributed by atoms with Gasteiger partial charge in [0.2, 0.25) is 0 Å². The summed E-state index contributed by atoms with van der Waals surface area (Å²) in [5.41, 5.74) is 1.99. The Labute approximate surface area is 184 Å². The Hall–Kier alpha value is -2.74. The van der Waals surface area contributed by atoms with Gasteiger partial charge in [-0.25, -0.2) is 8.42 Å². The fourth-order valence-electron chi connectivity index (χ4n) is 2.47.